The van der Waals surface area contributed by atoms with E-state index in [4.69, 9.17) is 14.9 Å². The molecule has 0 aromatic heterocycles. The summed E-state index contributed by atoms with van der Waals surface area (Å²) in [5, 5.41) is 17.9. The van der Waals surface area contributed by atoms with Crippen molar-refractivity contribution in [2.75, 3.05) is 6.61 Å². The molecule has 0 fully saturated rings. The third-order valence-corrected chi connectivity index (χ3v) is 6.08. The maximum atomic E-state index is 11.0. The number of carbonyl (C=O) groups is 2. The predicted molar refractivity (Wildman–Crippen MR) is 139 cm³/mol. The molecule has 0 aliphatic heterocycles. The van der Waals surface area contributed by atoms with E-state index in [0.717, 1.165) is 45.4 Å². The van der Waals surface area contributed by atoms with E-state index in [9.17, 15) is 9.59 Å². The zero-order valence-corrected chi connectivity index (χ0v) is 21.1. The Kier molecular flexibility index (Phi) is 8.34. The smallest absolute Gasteiger partial charge is 0.341 e. The van der Waals surface area contributed by atoms with Crippen LogP contribution in [-0.2, 0) is 22.4 Å². The Bertz CT molecular complexity index is 1220. The molecule has 3 aromatic carbocycles. The van der Waals surface area contributed by atoms with Crippen molar-refractivity contribution in [2.24, 2.45) is 5.92 Å². The minimum absolute atomic E-state index is 0.132. The number of rotatable bonds is 10. The quantitative estimate of drug-likeness (QED) is 0.345. The van der Waals surface area contributed by atoms with Crippen LogP contribution in [-0.4, -0.2) is 28.8 Å². The molecule has 0 heterocycles. The normalized spacial score (nSPS) is 11.0. The Morgan fingerprint density at radius 1 is 0.829 bits per heavy atom. The van der Waals surface area contributed by atoms with Crippen molar-refractivity contribution in [1.82, 2.24) is 0 Å². The van der Waals surface area contributed by atoms with E-state index in [1.54, 1.807) is 0 Å². The van der Waals surface area contributed by atoms with Gasteiger partial charge in [-0.05, 0) is 102 Å². The van der Waals surface area contributed by atoms with Gasteiger partial charge in [-0.15, -0.1) is 0 Å². The predicted octanol–water partition coefficient (Wildman–Crippen LogP) is 6.62. The first-order valence-corrected chi connectivity index (χ1v) is 12.0. The maximum Gasteiger partial charge on any atom is 0.341 e. The summed E-state index contributed by atoms with van der Waals surface area (Å²) in [6.45, 7) is 10.2. The average Bonchev–Trinajstić information content (AvgIpc) is 2.76. The van der Waals surface area contributed by atoms with Crippen LogP contribution in [0.15, 0.2) is 48.5 Å². The Labute approximate surface area is 207 Å². The molecule has 3 aromatic rings. The summed E-state index contributed by atoms with van der Waals surface area (Å²) in [6.07, 6.45) is 1.59. The SMILES string of the molecule is Cc1cc(-c2c(C)cc(-c3ccc(CCC(=O)O)cc3CC(C)C)cc2C)ccc1OCC(=O)O. The van der Waals surface area contributed by atoms with E-state index in [2.05, 4.69) is 52.0 Å². The molecule has 3 rings (SSSR count). The molecule has 2 N–H and O–H groups in total. The Hall–Kier alpha value is -3.60. The van der Waals surface area contributed by atoms with Crippen LogP contribution in [0.3, 0.4) is 0 Å². The Balaban J connectivity index is 1.98. The van der Waals surface area contributed by atoms with Gasteiger partial charge in [-0.25, -0.2) is 4.79 Å². The molecule has 5 heteroatoms. The highest BCUT2D eigenvalue weighted by Gasteiger charge is 2.14. The third kappa shape index (κ3) is 6.72. The third-order valence-electron chi connectivity index (χ3n) is 6.08. The van der Waals surface area contributed by atoms with Crippen molar-refractivity contribution in [2.45, 2.75) is 53.9 Å². The van der Waals surface area contributed by atoms with Gasteiger partial charge in [0.2, 0.25) is 0 Å². The summed E-state index contributed by atoms with van der Waals surface area (Å²) in [5.41, 5.74) is 10.1. The number of aryl methyl sites for hydroxylation is 4. The zero-order valence-electron chi connectivity index (χ0n) is 21.1. The highest BCUT2D eigenvalue weighted by Crippen LogP contribution is 2.36. The van der Waals surface area contributed by atoms with Gasteiger partial charge in [0.05, 0.1) is 0 Å². The molecule has 0 unspecified atom stereocenters. The zero-order chi connectivity index (χ0) is 25.7. The largest absolute Gasteiger partial charge is 0.482 e. The van der Waals surface area contributed by atoms with Gasteiger partial charge in [0.15, 0.2) is 6.61 Å². The second kappa shape index (κ2) is 11.2. The summed E-state index contributed by atoms with van der Waals surface area (Å²) in [7, 11) is 0. The first-order valence-electron chi connectivity index (χ1n) is 12.0. The fourth-order valence-electron chi connectivity index (χ4n) is 4.62. The van der Waals surface area contributed by atoms with Crippen LogP contribution in [0.25, 0.3) is 22.3 Å². The molecule has 0 saturated carbocycles. The molecular formula is C30H34O5. The average molecular weight is 475 g/mol. The summed E-state index contributed by atoms with van der Waals surface area (Å²) >= 11 is 0. The standard InChI is InChI=1S/C30H34O5/c1-18(2)12-24-16-22(7-11-28(31)32)6-9-26(24)25-14-20(4)30(21(5)15-25)23-8-10-27(19(3)13-23)35-17-29(33)34/h6,8-10,13-16,18H,7,11-12,17H2,1-5H3,(H,31,32)(H,33,34). The summed E-state index contributed by atoms with van der Waals surface area (Å²) < 4.78 is 5.38. The van der Waals surface area contributed by atoms with E-state index in [1.807, 2.05) is 31.2 Å². The summed E-state index contributed by atoms with van der Waals surface area (Å²) in [5.74, 6) is -0.722. The lowest BCUT2D eigenvalue weighted by atomic mass is 9.87. The second-order valence-electron chi connectivity index (χ2n) is 9.63. The van der Waals surface area contributed by atoms with Crippen molar-refractivity contribution >= 4 is 11.9 Å². The van der Waals surface area contributed by atoms with Gasteiger partial charge >= 0.3 is 11.9 Å². The molecule has 0 aliphatic carbocycles. The first kappa shape index (κ1) is 26.0. The van der Waals surface area contributed by atoms with Gasteiger partial charge in [-0.1, -0.05) is 50.2 Å². The molecule has 0 amide bonds. The minimum atomic E-state index is -0.998. The van der Waals surface area contributed by atoms with Crippen molar-refractivity contribution in [3.63, 3.8) is 0 Å². The van der Waals surface area contributed by atoms with Crippen LogP contribution in [0.2, 0.25) is 0 Å². The molecule has 0 aliphatic rings. The van der Waals surface area contributed by atoms with Crippen molar-refractivity contribution in [1.29, 1.82) is 0 Å². The Morgan fingerprint density at radius 2 is 1.49 bits per heavy atom. The van der Waals surface area contributed by atoms with Gasteiger partial charge in [-0.3, -0.25) is 4.79 Å². The number of hydrogen-bond acceptors (Lipinski definition) is 3. The fourth-order valence-corrected chi connectivity index (χ4v) is 4.62. The minimum Gasteiger partial charge on any atom is -0.482 e. The maximum absolute atomic E-state index is 11.0. The van der Waals surface area contributed by atoms with Gasteiger partial charge in [0.25, 0.3) is 0 Å². The molecule has 0 spiro atoms. The fraction of sp³-hybridized carbons (Fsp3) is 0.333. The lowest BCUT2D eigenvalue weighted by Crippen LogP contribution is -2.10. The number of ether oxygens (including phenoxy) is 1. The lowest BCUT2D eigenvalue weighted by Gasteiger charge is -2.18. The lowest BCUT2D eigenvalue weighted by molar-refractivity contribution is -0.139. The van der Waals surface area contributed by atoms with Gasteiger partial charge in [0, 0.05) is 6.42 Å². The van der Waals surface area contributed by atoms with Crippen LogP contribution in [0.1, 0.15) is 48.1 Å². The van der Waals surface area contributed by atoms with Gasteiger partial charge in [0.1, 0.15) is 5.75 Å². The van der Waals surface area contributed by atoms with Gasteiger partial charge in [-0.2, -0.15) is 0 Å². The van der Waals surface area contributed by atoms with Crippen LogP contribution in [0.4, 0.5) is 0 Å². The first-order chi connectivity index (χ1) is 16.5. The number of aliphatic carboxylic acids is 2. The van der Waals surface area contributed by atoms with Crippen molar-refractivity contribution < 1.29 is 24.5 Å². The molecule has 184 valence electrons. The highest BCUT2D eigenvalue weighted by atomic mass is 16.5. The molecular weight excluding hydrogens is 440 g/mol. The van der Waals surface area contributed by atoms with Crippen molar-refractivity contribution in [3.8, 4) is 28.0 Å². The van der Waals surface area contributed by atoms with E-state index in [1.165, 1.54) is 11.1 Å². The van der Waals surface area contributed by atoms with Crippen molar-refractivity contribution in [3.05, 3.63) is 76.3 Å². The number of hydrogen-bond donors (Lipinski definition) is 2. The molecule has 35 heavy (non-hydrogen) atoms. The molecule has 0 saturated heterocycles. The van der Waals surface area contributed by atoms with Crippen LogP contribution in [0.5, 0.6) is 5.75 Å². The van der Waals surface area contributed by atoms with Crippen LogP contribution in [0, 0.1) is 26.7 Å². The van der Waals surface area contributed by atoms with E-state index >= 15 is 0 Å². The molecule has 0 radical (unpaired) electrons. The summed E-state index contributed by atoms with van der Waals surface area (Å²) in [4.78, 5) is 21.8. The topological polar surface area (TPSA) is 83.8 Å². The molecule has 5 nitrogen and oxygen atoms in total. The number of benzene rings is 3. The van der Waals surface area contributed by atoms with E-state index in [-0.39, 0.29) is 13.0 Å². The monoisotopic (exact) mass is 474 g/mol. The van der Waals surface area contributed by atoms with E-state index in [0.29, 0.717) is 18.1 Å². The molecule has 0 atom stereocenters. The van der Waals surface area contributed by atoms with Crippen LogP contribution >= 0.6 is 0 Å². The highest BCUT2D eigenvalue weighted by molar-refractivity contribution is 5.79. The van der Waals surface area contributed by atoms with Gasteiger partial charge < -0.3 is 14.9 Å². The number of carboxylic acid groups (broad SMARTS) is 2. The summed E-state index contributed by atoms with van der Waals surface area (Å²) in [6, 6.07) is 16.6. The van der Waals surface area contributed by atoms with E-state index < -0.39 is 11.9 Å². The second-order valence-corrected chi connectivity index (χ2v) is 9.63. The van der Waals surface area contributed by atoms with Crippen LogP contribution < -0.4 is 4.74 Å². The number of carboxylic acids is 2. The Morgan fingerprint density at radius 3 is 2.06 bits per heavy atom. The molecule has 0 bridgehead atoms.